The van der Waals surface area contributed by atoms with Gasteiger partial charge in [0.05, 0.1) is 0 Å². The normalized spacial score (nSPS) is 40.1. The van der Waals surface area contributed by atoms with Gasteiger partial charge in [0.1, 0.15) is 0 Å². The van der Waals surface area contributed by atoms with Crippen molar-refractivity contribution in [1.29, 1.82) is 0 Å². The van der Waals surface area contributed by atoms with Gasteiger partial charge in [-0.1, -0.05) is 34.6 Å². The van der Waals surface area contributed by atoms with E-state index >= 15 is 0 Å². The van der Waals surface area contributed by atoms with Crippen LogP contribution >= 0.6 is 0 Å². The first-order valence-corrected chi connectivity index (χ1v) is 7.44. The minimum Gasteiger partial charge on any atom is -0.0628 e. The Morgan fingerprint density at radius 3 is 2.06 bits per heavy atom. The van der Waals surface area contributed by atoms with Crippen molar-refractivity contribution in [2.45, 2.75) is 66.7 Å². The van der Waals surface area contributed by atoms with E-state index in [1.54, 1.807) is 12.8 Å². The Hall–Kier alpha value is 0. The predicted octanol–water partition coefficient (Wildman–Crippen LogP) is 5.13. The van der Waals surface area contributed by atoms with Gasteiger partial charge < -0.3 is 0 Å². The molecule has 2 saturated carbocycles. The van der Waals surface area contributed by atoms with Gasteiger partial charge in [0.2, 0.25) is 0 Å². The number of hydrogen-bond acceptors (Lipinski definition) is 0. The highest BCUT2D eigenvalue weighted by Crippen LogP contribution is 2.75. The topological polar surface area (TPSA) is 0 Å². The molecule has 0 radical (unpaired) electrons. The van der Waals surface area contributed by atoms with Crippen molar-refractivity contribution in [3.8, 4) is 0 Å². The highest BCUT2D eigenvalue weighted by Gasteiger charge is 2.67. The molecule has 2 fully saturated rings. The quantitative estimate of drug-likeness (QED) is 0.584. The van der Waals surface area contributed by atoms with Crippen LogP contribution in [0.2, 0.25) is 0 Å². The monoisotopic (exact) mass is 222 g/mol. The molecule has 0 amide bonds. The third-order valence-electron chi connectivity index (χ3n) is 5.15. The van der Waals surface area contributed by atoms with E-state index in [9.17, 15) is 0 Å². The summed E-state index contributed by atoms with van der Waals surface area (Å²) in [7, 11) is 0. The third kappa shape index (κ3) is 2.63. The molecule has 0 N–H and O–H groups in total. The number of hydrogen-bond donors (Lipinski definition) is 0. The van der Waals surface area contributed by atoms with Crippen LogP contribution in [0, 0.1) is 35.0 Å². The molecule has 2 aliphatic carbocycles. The lowest BCUT2D eigenvalue weighted by atomic mass is 9.87. The van der Waals surface area contributed by atoms with Gasteiger partial charge in [0.25, 0.3) is 0 Å². The first-order valence-electron chi connectivity index (χ1n) is 7.44. The summed E-state index contributed by atoms with van der Waals surface area (Å²) >= 11 is 0. The molecule has 2 rings (SSSR count). The SMILES string of the molecule is CC(C)CC(C)CC(C)CC1CC12CC2C. The molecule has 0 aromatic carbocycles. The Kier molecular flexibility index (Phi) is 3.39. The second kappa shape index (κ2) is 4.35. The van der Waals surface area contributed by atoms with Crippen molar-refractivity contribution in [3.63, 3.8) is 0 Å². The maximum Gasteiger partial charge on any atom is -0.0237 e. The van der Waals surface area contributed by atoms with E-state index in [2.05, 4.69) is 34.6 Å². The van der Waals surface area contributed by atoms with Gasteiger partial charge in [0, 0.05) is 0 Å². The van der Waals surface area contributed by atoms with E-state index < -0.39 is 0 Å². The van der Waals surface area contributed by atoms with Gasteiger partial charge in [-0.3, -0.25) is 0 Å². The van der Waals surface area contributed by atoms with Crippen molar-refractivity contribution >= 4 is 0 Å². The molecule has 1 spiro atoms. The van der Waals surface area contributed by atoms with Crippen LogP contribution in [-0.2, 0) is 0 Å². The molecule has 94 valence electrons. The summed E-state index contributed by atoms with van der Waals surface area (Å²) in [6.07, 6.45) is 7.51. The molecule has 0 nitrogen and oxygen atoms in total. The molecule has 0 aliphatic heterocycles. The Bertz CT molecular complexity index is 242. The zero-order chi connectivity index (χ0) is 11.9. The summed E-state index contributed by atoms with van der Waals surface area (Å²) in [5.74, 6) is 4.95. The standard InChI is InChI=1S/C16H30/c1-11(2)6-12(3)7-13(4)8-15-10-16(15)9-14(16)5/h11-15H,6-10H2,1-5H3. The van der Waals surface area contributed by atoms with Crippen LogP contribution in [0.1, 0.15) is 66.7 Å². The Morgan fingerprint density at radius 2 is 1.62 bits per heavy atom. The maximum absolute atomic E-state index is 2.48. The maximum atomic E-state index is 2.48. The van der Waals surface area contributed by atoms with Crippen molar-refractivity contribution in [2.24, 2.45) is 35.0 Å². The summed E-state index contributed by atoms with van der Waals surface area (Å²) in [4.78, 5) is 0. The van der Waals surface area contributed by atoms with Crippen molar-refractivity contribution in [2.75, 3.05) is 0 Å². The molecule has 0 aromatic rings. The lowest BCUT2D eigenvalue weighted by Crippen LogP contribution is -2.07. The molecule has 5 atom stereocenters. The average molecular weight is 222 g/mol. The summed E-state index contributed by atoms with van der Waals surface area (Å²) in [6, 6.07) is 0. The summed E-state index contributed by atoms with van der Waals surface area (Å²) in [5.41, 5.74) is 0.884. The molecular weight excluding hydrogens is 192 g/mol. The van der Waals surface area contributed by atoms with E-state index in [0.717, 1.165) is 35.0 Å². The van der Waals surface area contributed by atoms with E-state index in [1.807, 2.05) is 0 Å². The van der Waals surface area contributed by atoms with Gasteiger partial charge in [-0.05, 0) is 67.1 Å². The lowest BCUT2D eigenvalue weighted by Gasteiger charge is -2.18. The molecule has 5 unspecified atom stereocenters. The molecule has 0 aromatic heterocycles. The van der Waals surface area contributed by atoms with Gasteiger partial charge in [-0.25, -0.2) is 0 Å². The van der Waals surface area contributed by atoms with Crippen LogP contribution in [0.3, 0.4) is 0 Å². The highest BCUT2D eigenvalue weighted by molar-refractivity contribution is 5.16. The summed E-state index contributed by atoms with van der Waals surface area (Å²) < 4.78 is 0. The first-order chi connectivity index (χ1) is 7.44. The Labute approximate surface area is 102 Å². The first kappa shape index (κ1) is 12.5. The fraction of sp³-hybridized carbons (Fsp3) is 1.00. The van der Waals surface area contributed by atoms with Gasteiger partial charge >= 0.3 is 0 Å². The second-order valence-electron chi connectivity index (χ2n) is 7.55. The predicted molar refractivity (Wildman–Crippen MR) is 71.3 cm³/mol. The third-order valence-corrected chi connectivity index (χ3v) is 5.15. The van der Waals surface area contributed by atoms with E-state index in [4.69, 9.17) is 0 Å². The summed E-state index contributed by atoms with van der Waals surface area (Å²) in [5, 5.41) is 0. The van der Waals surface area contributed by atoms with Gasteiger partial charge in [0.15, 0.2) is 0 Å². The van der Waals surface area contributed by atoms with E-state index in [0.29, 0.717) is 0 Å². The van der Waals surface area contributed by atoms with Crippen LogP contribution in [0.15, 0.2) is 0 Å². The van der Waals surface area contributed by atoms with Crippen LogP contribution in [0.4, 0.5) is 0 Å². The fourth-order valence-corrected chi connectivity index (χ4v) is 4.25. The number of rotatable bonds is 6. The van der Waals surface area contributed by atoms with Gasteiger partial charge in [-0.15, -0.1) is 0 Å². The molecule has 0 saturated heterocycles. The van der Waals surface area contributed by atoms with Crippen molar-refractivity contribution < 1.29 is 0 Å². The minimum atomic E-state index is 0.873. The van der Waals surface area contributed by atoms with Crippen molar-refractivity contribution in [3.05, 3.63) is 0 Å². The molecule has 0 bridgehead atoms. The Balaban J connectivity index is 1.64. The highest BCUT2D eigenvalue weighted by atomic mass is 14.7. The van der Waals surface area contributed by atoms with Crippen molar-refractivity contribution in [1.82, 2.24) is 0 Å². The summed E-state index contributed by atoms with van der Waals surface area (Å²) in [6.45, 7) is 12.1. The average Bonchev–Trinajstić information content (AvgIpc) is 2.92. The minimum absolute atomic E-state index is 0.873. The van der Waals surface area contributed by atoms with Gasteiger partial charge in [-0.2, -0.15) is 0 Å². The Morgan fingerprint density at radius 1 is 1.00 bits per heavy atom. The lowest BCUT2D eigenvalue weighted by molar-refractivity contribution is 0.329. The molecule has 2 aliphatic rings. The van der Waals surface area contributed by atoms with Crippen LogP contribution in [0.5, 0.6) is 0 Å². The molecular formula is C16H30. The van der Waals surface area contributed by atoms with Crippen LogP contribution < -0.4 is 0 Å². The van der Waals surface area contributed by atoms with Crippen LogP contribution in [0.25, 0.3) is 0 Å². The second-order valence-corrected chi connectivity index (χ2v) is 7.55. The smallest absolute Gasteiger partial charge is 0.0237 e. The molecule has 0 heteroatoms. The zero-order valence-electron chi connectivity index (χ0n) is 11.9. The molecule has 0 heterocycles. The molecule has 16 heavy (non-hydrogen) atoms. The largest absolute Gasteiger partial charge is 0.0628 e. The fourth-order valence-electron chi connectivity index (χ4n) is 4.25. The van der Waals surface area contributed by atoms with Crippen LogP contribution in [-0.4, -0.2) is 0 Å². The van der Waals surface area contributed by atoms with E-state index in [-0.39, 0.29) is 0 Å². The van der Waals surface area contributed by atoms with E-state index in [1.165, 1.54) is 19.3 Å². The zero-order valence-corrected chi connectivity index (χ0v) is 11.9.